The molecule has 1 atom stereocenters. The number of hydrogen-bond acceptors (Lipinski definition) is 6. The third kappa shape index (κ3) is 3.27. The third-order valence-corrected chi connectivity index (χ3v) is 3.98. The van der Waals surface area contributed by atoms with Gasteiger partial charge in [0.25, 0.3) is 5.91 Å². The molecule has 0 aromatic carbocycles. The van der Waals surface area contributed by atoms with Crippen LogP contribution in [0.3, 0.4) is 0 Å². The van der Waals surface area contributed by atoms with Gasteiger partial charge in [-0.1, -0.05) is 0 Å². The van der Waals surface area contributed by atoms with Crippen LogP contribution >= 0.6 is 11.3 Å². The standard InChI is InChI=1S/C13H19N5O2S/c1-6(2)20-10-9(14)11(12(15)19)21-13(10)18-7(3)8-4-16-17-5-8/h4-7,18H,14H2,1-3H3,(H2,15,19)(H,16,17). The predicted molar refractivity (Wildman–Crippen MR) is 83.6 cm³/mol. The first-order chi connectivity index (χ1) is 9.90. The molecule has 114 valence electrons. The van der Waals surface area contributed by atoms with E-state index >= 15 is 0 Å². The van der Waals surface area contributed by atoms with Crippen molar-refractivity contribution in [3.05, 3.63) is 22.8 Å². The average Bonchev–Trinajstić information content (AvgIpc) is 3.01. The Kier molecular flexibility index (Phi) is 4.37. The summed E-state index contributed by atoms with van der Waals surface area (Å²) in [7, 11) is 0. The summed E-state index contributed by atoms with van der Waals surface area (Å²) in [5, 5.41) is 10.6. The van der Waals surface area contributed by atoms with E-state index in [1.54, 1.807) is 12.4 Å². The number of anilines is 2. The number of nitrogens with two attached hydrogens (primary N) is 2. The number of hydrogen-bond donors (Lipinski definition) is 4. The van der Waals surface area contributed by atoms with Crippen LogP contribution in [0, 0.1) is 0 Å². The summed E-state index contributed by atoms with van der Waals surface area (Å²) < 4.78 is 5.72. The van der Waals surface area contributed by atoms with Crippen LogP contribution in [0.2, 0.25) is 0 Å². The molecule has 0 saturated heterocycles. The third-order valence-electron chi connectivity index (χ3n) is 2.84. The van der Waals surface area contributed by atoms with Crippen molar-refractivity contribution in [2.45, 2.75) is 32.9 Å². The minimum absolute atomic E-state index is 0.0166. The molecule has 0 aliphatic rings. The minimum Gasteiger partial charge on any atom is -0.486 e. The van der Waals surface area contributed by atoms with Crippen molar-refractivity contribution in [3.63, 3.8) is 0 Å². The van der Waals surface area contributed by atoms with E-state index in [4.69, 9.17) is 16.2 Å². The Balaban J connectivity index is 2.32. The van der Waals surface area contributed by atoms with Crippen molar-refractivity contribution in [2.75, 3.05) is 11.1 Å². The molecule has 0 aliphatic heterocycles. The molecule has 0 saturated carbocycles. The van der Waals surface area contributed by atoms with Crippen LogP contribution in [-0.2, 0) is 0 Å². The largest absolute Gasteiger partial charge is 0.486 e. The predicted octanol–water partition coefficient (Wildman–Crippen LogP) is 2.11. The fraction of sp³-hybridized carbons (Fsp3) is 0.385. The SMILES string of the molecule is CC(C)Oc1c(NC(C)c2cn[nH]c2)sc(C(N)=O)c1N. The molecule has 0 radical (unpaired) electrons. The van der Waals surface area contributed by atoms with Gasteiger partial charge >= 0.3 is 0 Å². The van der Waals surface area contributed by atoms with Gasteiger partial charge in [0.1, 0.15) is 15.6 Å². The summed E-state index contributed by atoms with van der Waals surface area (Å²) in [5.41, 5.74) is 12.6. The van der Waals surface area contributed by atoms with Crippen LogP contribution in [0.4, 0.5) is 10.7 Å². The molecule has 6 N–H and O–H groups in total. The van der Waals surface area contributed by atoms with Gasteiger partial charge in [0.05, 0.1) is 18.3 Å². The zero-order valence-electron chi connectivity index (χ0n) is 12.1. The summed E-state index contributed by atoms with van der Waals surface area (Å²) >= 11 is 1.20. The van der Waals surface area contributed by atoms with E-state index in [2.05, 4.69) is 15.5 Å². The van der Waals surface area contributed by atoms with Gasteiger partial charge in [-0.15, -0.1) is 11.3 Å². The lowest BCUT2D eigenvalue weighted by Gasteiger charge is -2.16. The fourth-order valence-corrected chi connectivity index (χ4v) is 2.83. The van der Waals surface area contributed by atoms with E-state index in [1.165, 1.54) is 11.3 Å². The van der Waals surface area contributed by atoms with Gasteiger partial charge in [-0.3, -0.25) is 9.89 Å². The van der Waals surface area contributed by atoms with E-state index in [-0.39, 0.29) is 17.8 Å². The number of amides is 1. The molecule has 0 aliphatic carbocycles. The highest BCUT2D eigenvalue weighted by Gasteiger charge is 2.23. The van der Waals surface area contributed by atoms with Crippen molar-refractivity contribution < 1.29 is 9.53 Å². The highest BCUT2D eigenvalue weighted by molar-refractivity contribution is 7.19. The Morgan fingerprint density at radius 2 is 2.19 bits per heavy atom. The molecule has 2 rings (SSSR count). The Labute approximate surface area is 126 Å². The van der Waals surface area contributed by atoms with E-state index in [0.29, 0.717) is 15.6 Å². The summed E-state index contributed by atoms with van der Waals surface area (Å²) in [6, 6.07) is -0.0166. The number of carbonyl (C=O) groups excluding carboxylic acids is 1. The van der Waals surface area contributed by atoms with E-state index in [9.17, 15) is 4.79 Å². The number of aromatic amines is 1. The first-order valence-electron chi connectivity index (χ1n) is 6.54. The van der Waals surface area contributed by atoms with E-state index in [0.717, 1.165) is 5.56 Å². The van der Waals surface area contributed by atoms with Crippen LogP contribution in [0.25, 0.3) is 0 Å². The van der Waals surface area contributed by atoms with Crippen LogP contribution in [0.5, 0.6) is 5.75 Å². The van der Waals surface area contributed by atoms with E-state index in [1.807, 2.05) is 20.8 Å². The Morgan fingerprint density at radius 1 is 1.48 bits per heavy atom. The summed E-state index contributed by atoms with van der Waals surface area (Å²) in [4.78, 5) is 11.7. The molecule has 0 fully saturated rings. The molecule has 2 aromatic heterocycles. The summed E-state index contributed by atoms with van der Waals surface area (Å²) in [6.07, 6.45) is 3.46. The fourth-order valence-electron chi connectivity index (χ4n) is 1.84. The normalized spacial score (nSPS) is 12.4. The average molecular weight is 309 g/mol. The van der Waals surface area contributed by atoms with Gasteiger partial charge in [-0.25, -0.2) is 0 Å². The van der Waals surface area contributed by atoms with Crippen molar-refractivity contribution in [1.82, 2.24) is 10.2 Å². The van der Waals surface area contributed by atoms with Crippen LogP contribution in [0.15, 0.2) is 12.4 Å². The number of primary amides is 1. The van der Waals surface area contributed by atoms with Gasteiger partial charge in [0.2, 0.25) is 0 Å². The highest BCUT2D eigenvalue weighted by atomic mass is 32.1. The van der Waals surface area contributed by atoms with Crippen LogP contribution in [0.1, 0.15) is 42.0 Å². The van der Waals surface area contributed by atoms with E-state index < -0.39 is 5.91 Å². The smallest absolute Gasteiger partial charge is 0.261 e. The number of nitrogens with zero attached hydrogens (tertiary/aromatic N) is 1. The molecule has 7 nitrogen and oxygen atoms in total. The lowest BCUT2D eigenvalue weighted by atomic mass is 10.2. The number of carbonyl (C=O) groups is 1. The van der Waals surface area contributed by atoms with Crippen molar-refractivity contribution in [2.24, 2.45) is 5.73 Å². The molecule has 0 spiro atoms. The zero-order valence-corrected chi connectivity index (χ0v) is 13.0. The zero-order chi connectivity index (χ0) is 15.6. The van der Waals surface area contributed by atoms with Gasteiger partial charge < -0.3 is 21.5 Å². The highest BCUT2D eigenvalue weighted by Crippen LogP contribution is 2.44. The Morgan fingerprint density at radius 3 is 2.71 bits per heavy atom. The number of H-pyrrole nitrogens is 1. The maximum absolute atomic E-state index is 11.4. The van der Waals surface area contributed by atoms with Crippen LogP contribution < -0.4 is 21.5 Å². The topological polar surface area (TPSA) is 119 Å². The second-order valence-electron chi connectivity index (χ2n) is 4.93. The number of nitrogens with one attached hydrogen (secondary N) is 2. The molecular weight excluding hydrogens is 290 g/mol. The molecule has 0 bridgehead atoms. The second kappa shape index (κ2) is 6.04. The maximum Gasteiger partial charge on any atom is 0.261 e. The maximum atomic E-state index is 11.4. The summed E-state index contributed by atoms with van der Waals surface area (Å²) in [6.45, 7) is 5.76. The van der Waals surface area contributed by atoms with Crippen molar-refractivity contribution in [3.8, 4) is 5.75 Å². The first-order valence-corrected chi connectivity index (χ1v) is 7.35. The molecule has 8 heteroatoms. The molecule has 2 aromatic rings. The number of aromatic nitrogens is 2. The number of thiophene rings is 1. The van der Waals surface area contributed by atoms with Crippen molar-refractivity contribution in [1.29, 1.82) is 0 Å². The lowest BCUT2D eigenvalue weighted by molar-refractivity contribution is 0.100. The molecule has 1 amide bonds. The number of ether oxygens (including phenoxy) is 1. The Hall–Kier alpha value is -2.22. The van der Waals surface area contributed by atoms with Gasteiger partial charge in [-0.05, 0) is 20.8 Å². The molecule has 1 unspecified atom stereocenters. The number of rotatable bonds is 6. The quantitative estimate of drug-likeness (QED) is 0.651. The summed E-state index contributed by atoms with van der Waals surface area (Å²) in [5.74, 6) is -0.0886. The molecular formula is C13H19N5O2S. The lowest BCUT2D eigenvalue weighted by Crippen LogP contribution is -2.12. The minimum atomic E-state index is -0.560. The number of nitrogen functional groups attached to an aromatic ring is 1. The first kappa shape index (κ1) is 15.2. The van der Waals surface area contributed by atoms with Crippen molar-refractivity contribution >= 4 is 27.9 Å². The van der Waals surface area contributed by atoms with Gasteiger partial charge in [0, 0.05) is 11.8 Å². The molecule has 2 heterocycles. The second-order valence-corrected chi connectivity index (χ2v) is 5.95. The monoisotopic (exact) mass is 309 g/mol. The molecule has 21 heavy (non-hydrogen) atoms. The van der Waals surface area contributed by atoms with Gasteiger partial charge in [-0.2, -0.15) is 5.10 Å². The Bertz CT molecular complexity index is 621. The van der Waals surface area contributed by atoms with Crippen LogP contribution in [-0.4, -0.2) is 22.2 Å². The van der Waals surface area contributed by atoms with Gasteiger partial charge in [0.15, 0.2) is 5.75 Å².